The third-order valence-electron chi connectivity index (χ3n) is 5.12. The van der Waals surface area contributed by atoms with E-state index in [1.807, 2.05) is 13.0 Å². The minimum Gasteiger partial charge on any atom is -0.492 e. The second-order valence-corrected chi connectivity index (χ2v) is 7.37. The van der Waals surface area contributed by atoms with E-state index in [1.54, 1.807) is 72.8 Å². The fourth-order valence-corrected chi connectivity index (χ4v) is 3.46. The zero-order valence-electron chi connectivity index (χ0n) is 18.4. The van der Waals surface area contributed by atoms with Crippen molar-refractivity contribution in [2.24, 2.45) is 10.8 Å². The van der Waals surface area contributed by atoms with Crippen LogP contribution in [-0.2, 0) is 9.59 Å². The minimum absolute atomic E-state index is 0.0466. The number of benzene rings is 3. The van der Waals surface area contributed by atoms with Crippen LogP contribution in [0, 0.1) is 0 Å². The normalized spacial score (nSPS) is 13.6. The minimum atomic E-state index is -0.565. The first kappa shape index (κ1) is 22.5. The summed E-state index contributed by atoms with van der Waals surface area (Å²) in [7, 11) is 0. The predicted molar refractivity (Wildman–Crippen MR) is 131 cm³/mol. The van der Waals surface area contributed by atoms with Crippen LogP contribution in [-0.4, -0.2) is 29.9 Å². The number of carbonyl (C=O) groups is 3. The summed E-state index contributed by atoms with van der Waals surface area (Å²) >= 11 is 0. The number of hydrogen-bond donors (Lipinski definition) is 3. The van der Waals surface area contributed by atoms with E-state index in [2.05, 4.69) is 15.8 Å². The molecule has 4 rings (SSSR count). The number of rotatable bonds is 7. The molecule has 0 aromatic heterocycles. The molecule has 4 N–H and O–H groups in total. The van der Waals surface area contributed by atoms with Gasteiger partial charge in [-0.25, -0.2) is 0 Å². The van der Waals surface area contributed by atoms with Gasteiger partial charge >= 0.3 is 0 Å². The second-order valence-electron chi connectivity index (χ2n) is 7.37. The van der Waals surface area contributed by atoms with Crippen LogP contribution in [0.2, 0.25) is 0 Å². The van der Waals surface area contributed by atoms with Crippen molar-refractivity contribution in [3.05, 3.63) is 95.1 Å². The SMILES string of the molecule is CCOc1ccccc1NC(=O)C1=Cc2ccccc2C(=NNc2ccc(C(N)=O)cc2)C1=O. The fourth-order valence-electron chi connectivity index (χ4n) is 3.46. The quantitative estimate of drug-likeness (QED) is 0.372. The molecule has 3 aromatic carbocycles. The summed E-state index contributed by atoms with van der Waals surface area (Å²) < 4.78 is 5.56. The number of nitrogens with zero attached hydrogens (tertiary/aromatic N) is 1. The van der Waals surface area contributed by atoms with Gasteiger partial charge in [0.05, 0.1) is 23.6 Å². The van der Waals surface area contributed by atoms with Crippen LogP contribution in [0.3, 0.4) is 0 Å². The van der Waals surface area contributed by atoms with Crippen molar-refractivity contribution in [1.29, 1.82) is 0 Å². The third kappa shape index (κ3) is 4.71. The molecule has 0 bridgehead atoms. The molecule has 8 heteroatoms. The molecule has 0 heterocycles. The van der Waals surface area contributed by atoms with Gasteiger partial charge in [0, 0.05) is 11.1 Å². The molecule has 34 heavy (non-hydrogen) atoms. The van der Waals surface area contributed by atoms with E-state index in [1.165, 1.54) is 0 Å². The van der Waals surface area contributed by atoms with Crippen LogP contribution in [0.15, 0.2) is 83.5 Å². The van der Waals surface area contributed by atoms with Crippen LogP contribution in [0.4, 0.5) is 11.4 Å². The van der Waals surface area contributed by atoms with Gasteiger partial charge in [0.15, 0.2) is 0 Å². The number of amides is 2. The summed E-state index contributed by atoms with van der Waals surface area (Å²) in [6, 6.07) is 20.5. The largest absolute Gasteiger partial charge is 0.492 e. The second kappa shape index (κ2) is 9.83. The van der Waals surface area contributed by atoms with Crippen molar-refractivity contribution in [3.63, 3.8) is 0 Å². The monoisotopic (exact) mass is 454 g/mol. The molecule has 0 aliphatic heterocycles. The van der Waals surface area contributed by atoms with E-state index in [4.69, 9.17) is 10.5 Å². The molecule has 3 aromatic rings. The number of para-hydroxylation sites is 2. The Morgan fingerprint density at radius 1 is 0.971 bits per heavy atom. The first-order valence-corrected chi connectivity index (χ1v) is 10.6. The van der Waals surface area contributed by atoms with E-state index in [-0.39, 0.29) is 11.3 Å². The first-order chi connectivity index (χ1) is 16.5. The van der Waals surface area contributed by atoms with E-state index >= 15 is 0 Å². The summed E-state index contributed by atoms with van der Waals surface area (Å²) in [5.74, 6) is -1.12. The first-order valence-electron chi connectivity index (χ1n) is 10.6. The Kier molecular flexibility index (Phi) is 6.49. The molecule has 0 spiro atoms. The lowest BCUT2D eigenvalue weighted by atomic mass is 9.89. The zero-order valence-corrected chi connectivity index (χ0v) is 18.4. The lowest BCUT2D eigenvalue weighted by molar-refractivity contribution is -0.116. The van der Waals surface area contributed by atoms with Crippen LogP contribution in [0.5, 0.6) is 5.75 Å². The highest BCUT2D eigenvalue weighted by Crippen LogP contribution is 2.27. The van der Waals surface area contributed by atoms with Gasteiger partial charge in [-0.05, 0) is 55.0 Å². The topological polar surface area (TPSA) is 123 Å². The maximum Gasteiger partial charge on any atom is 0.259 e. The van der Waals surface area contributed by atoms with E-state index in [9.17, 15) is 14.4 Å². The van der Waals surface area contributed by atoms with Gasteiger partial charge in [-0.15, -0.1) is 0 Å². The summed E-state index contributed by atoms with van der Waals surface area (Å²) in [5.41, 5.74) is 10.8. The van der Waals surface area contributed by atoms with Crippen molar-refractivity contribution in [2.75, 3.05) is 17.3 Å². The van der Waals surface area contributed by atoms with Gasteiger partial charge in [0.25, 0.3) is 5.91 Å². The number of nitrogens with one attached hydrogen (secondary N) is 2. The van der Waals surface area contributed by atoms with E-state index < -0.39 is 17.6 Å². The molecule has 8 nitrogen and oxygen atoms in total. The number of anilines is 2. The number of ether oxygens (including phenoxy) is 1. The lowest BCUT2D eigenvalue weighted by Gasteiger charge is -2.18. The van der Waals surface area contributed by atoms with Crippen molar-refractivity contribution in [3.8, 4) is 5.75 Å². The van der Waals surface area contributed by atoms with Crippen LogP contribution >= 0.6 is 0 Å². The zero-order chi connectivity index (χ0) is 24.1. The summed E-state index contributed by atoms with van der Waals surface area (Å²) in [4.78, 5) is 37.7. The maximum atomic E-state index is 13.3. The molecule has 2 amide bonds. The summed E-state index contributed by atoms with van der Waals surface area (Å²) in [6.07, 6.45) is 1.55. The Hall–Kier alpha value is -4.72. The summed E-state index contributed by atoms with van der Waals surface area (Å²) in [6.45, 7) is 2.28. The van der Waals surface area contributed by atoms with E-state index in [0.29, 0.717) is 40.4 Å². The molecular formula is C26H22N4O4. The molecule has 0 fully saturated rings. The average molecular weight is 454 g/mol. The summed E-state index contributed by atoms with van der Waals surface area (Å²) in [5, 5.41) is 7.06. The molecule has 1 aliphatic carbocycles. The number of hydrazone groups is 1. The Balaban J connectivity index is 1.63. The van der Waals surface area contributed by atoms with Crippen LogP contribution in [0.1, 0.15) is 28.4 Å². The molecule has 0 unspecified atom stereocenters. The predicted octanol–water partition coefficient (Wildman–Crippen LogP) is 3.61. The van der Waals surface area contributed by atoms with Crippen molar-refractivity contribution >= 4 is 40.8 Å². The highest BCUT2D eigenvalue weighted by atomic mass is 16.5. The van der Waals surface area contributed by atoms with Crippen LogP contribution < -0.4 is 21.2 Å². The Morgan fingerprint density at radius 3 is 2.41 bits per heavy atom. The van der Waals surface area contributed by atoms with Crippen molar-refractivity contribution in [2.45, 2.75) is 6.92 Å². The number of fused-ring (bicyclic) bond motifs is 1. The number of primary amides is 1. The number of Topliss-reactive ketones (excluding diaryl/α,β-unsaturated/α-hetero) is 1. The fraction of sp³-hybridized carbons (Fsp3) is 0.0769. The molecule has 1 aliphatic rings. The number of nitrogens with two attached hydrogens (primary N) is 1. The highest BCUT2D eigenvalue weighted by Gasteiger charge is 2.30. The van der Waals surface area contributed by atoms with Crippen molar-refractivity contribution < 1.29 is 19.1 Å². The molecule has 0 saturated heterocycles. The van der Waals surface area contributed by atoms with Gasteiger partial charge in [-0.2, -0.15) is 5.10 Å². The molecule has 0 radical (unpaired) electrons. The smallest absolute Gasteiger partial charge is 0.259 e. The lowest BCUT2D eigenvalue weighted by Crippen LogP contribution is -2.30. The van der Waals surface area contributed by atoms with E-state index in [0.717, 1.165) is 0 Å². The number of ketones is 1. The van der Waals surface area contributed by atoms with Gasteiger partial charge in [-0.3, -0.25) is 19.8 Å². The number of carbonyl (C=O) groups excluding carboxylic acids is 3. The van der Waals surface area contributed by atoms with Gasteiger partial charge in [0.2, 0.25) is 11.7 Å². The van der Waals surface area contributed by atoms with Gasteiger partial charge < -0.3 is 15.8 Å². The highest BCUT2D eigenvalue weighted by molar-refractivity contribution is 6.59. The molecule has 0 saturated carbocycles. The van der Waals surface area contributed by atoms with Crippen LogP contribution in [0.25, 0.3) is 6.08 Å². The maximum absolute atomic E-state index is 13.3. The third-order valence-corrected chi connectivity index (χ3v) is 5.12. The Morgan fingerprint density at radius 2 is 1.68 bits per heavy atom. The molecule has 170 valence electrons. The number of hydrogen-bond acceptors (Lipinski definition) is 6. The average Bonchev–Trinajstić information content (AvgIpc) is 2.84. The standard InChI is InChI=1S/C26H22N4O4/c1-2-34-22-10-6-5-9-21(22)28-26(33)20-15-17-7-3-4-8-19(17)23(24(20)31)30-29-18-13-11-16(12-14-18)25(27)32/h3-15,29H,2H2,1H3,(H2,27,32)(H,28,33). The van der Waals surface area contributed by atoms with Crippen molar-refractivity contribution in [1.82, 2.24) is 0 Å². The van der Waals surface area contributed by atoms with Gasteiger partial charge in [-0.1, -0.05) is 36.4 Å². The Bertz CT molecular complexity index is 1330. The molecule has 0 atom stereocenters. The molecular weight excluding hydrogens is 432 g/mol. The van der Waals surface area contributed by atoms with Gasteiger partial charge in [0.1, 0.15) is 11.5 Å². The Labute approximate surface area is 196 Å².